The van der Waals surface area contributed by atoms with Gasteiger partial charge in [0.25, 0.3) is 0 Å². The van der Waals surface area contributed by atoms with Crippen LogP contribution in [0.15, 0.2) is 39.5 Å². The van der Waals surface area contributed by atoms with Crippen LogP contribution in [0.25, 0.3) is 22.3 Å². The molecule has 3 rings (SSSR count). The molecule has 31 heavy (non-hydrogen) atoms. The Hall–Kier alpha value is -4.01. The van der Waals surface area contributed by atoms with Crippen LogP contribution in [0.2, 0.25) is 0 Å². The highest BCUT2D eigenvalue weighted by molar-refractivity contribution is 5.90. The predicted octanol–water partition coefficient (Wildman–Crippen LogP) is 3.34. The quantitative estimate of drug-likeness (QED) is 0.431. The van der Waals surface area contributed by atoms with E-state index < -0.39 is 17.4 Å². The fourth-order valence-corrected chi connectivity index (χ4v) is 3.02. The van der Waals surface area contributed by atoms with E-state index in [0.717, 1.165) is 0 Å². The summed E-state index contributed by atoms with van der Waals surface area (Å²) in [6, 6.07) is 7.56. The lowest BCUT2D eigenvalue weighted by Crippen LogP contribution is -2.11. The summed E-state index contributed by atoms with van der Waals surface area (Å²) in [6.07, 6.45) is 0. The Kier molecular flexibility index (Phi) is 6.15. The SMILES string of the molecule is COc1cc(OC(C)=O)c2c(=O)c(OC)c(-c3ccc(OC)c(OC(C)=O)c3)oc2c1. The van der Waals surface area contributed by atoms with E-state index in [1.165, 1.54) is 53.4 Å². The standard InChI is InChI=1S/C22H20O9/c1-11(23)29-16-8-13(6-7-15(16)27-4)21-22(28-5)20(25)19-17(30-12(2)24)9-14(26-3)10-18(19)31-21/h6-10H,1-5H3. The summed E-state index contributed by atoms with van der Waals surface area (Å²) >= 11 is 0. The number of carbonyl (C=O) groups excluding carboxylic acids is 2. The minimum atomic E-state index is -0.613. The molecule has 0 spiro atoms. The van der Waals surface area contributed by atoms with Crippen LogP contribution < -0.4 is 29.1 Å². The van der Waals surface area contributed by atoms with Gasteiger partial charge in [-0.3, -0.25) is 14.4 Å². The van der Waals surface area contributed by atoms with E-state index in [0.29, 0.717) is 17.1 Å². The molecule has 2 aromatic carbocycles. The number of benzene rings is 2. The second-order valence-electron chi connectivity index (χ2n) is 6.35. The molecule has 0 N–H and O–H groups in total. The minimum Gasteiger partial charge on any atom is -0.496 e. The highest BCUT2D eigenvalue weighted by Crippen LogP contribution is 2.39. The molecule has 9 nitrogen and oxygen atoms in total. The van der Waals surface area contributed by atoms with E-state index >= 15 is 0 Å². The molecule has 1 aromatic heterocycles. The number of ether oxygens (including phenoxy) is 5. The Morgan fingerprint density at radius 3 is 2.06 bits per heavy atom. The Morgan fingerprint density at radius 2 is 1.48 bits per heavy atom. The van der Waals surface area contributed by atoms with Gasteiger partial charge in [-0.1, -0.05) is 0 Å². The second-order valence-corrected chi connectivity index (χ2v) is 6.35. The van der Waals surface area contributed by atoms with Crippen molar-refractivity contribution in [2.75, 3.05) is 21.3 Å². The molecule has 0 aliphatic rings. The third-order valence-corrected chi connectivity index (χ3v) is 4.26. The van der Waals surface area contributed by atoms with E-state index in [2.05, 4.69) is 0 Å². The van der Waals surface area contributed by atoms with Crippen LogP contribution in [0.5, 0.6) is 28.7 Å². The zero-order valence-corrected chi connectivity index (χ0v) is 17.6. The van der Waals surface area contributed by atoms with Crippen LogP contribution in [0, 0.1) is 0 Å². The van der Waals surface area contributed by atoms with Gasteiger partial charge in [0.05, 0.1) is 21.3 Å². The van der Waals surface area contributed by atoms with Crippen molar-refractivity contribution < 1.29 is 37.7 Å². The number of hydrogen-bond acceptors (Lipinski definition) is 9. The van der Waals surface area contributed by atoms with Gasteiger partial charge in [0.2, 0.25) is 11.2 Å². The molecule has 0 bridgehead atoms. The fraction of sp³-hybridized carbons (Fsp3) is 0.227. The molecular formula is C22H20O9. The maximum absolute atomic E-state index is 13.2. The van der Waals surface area contributed by atoms with E-state index in [1.54, 1.807) is 12.1 Å². The average molecular weight is 428 g/mol. The van der Waals surface area contributed by atoms with Crippen LogP contribution in [0.3, 0.4) is 0 Å². The summed E-state index contributed by atoms with van der Waals surface area (Å²) in [4.78, 5) is 36.2. The van der Waals surface area contributed by atoms with Gasteiger partial charge in [-0.2, -0.15) is 0 Å². The molecule has 0 saturated carbocycles. The zero-order valence-electron chi connectivity index (χ0n) is 17.6. The summed E-state index contributed by atoms with van der Waals surface area (Å²) in [5.41, 5.74) is -0.0477. The lowest BCUT2D eigenvalue weighted by molar-refractivity contribution is -0.132. The van der Waals surface area contributed by atoms with Crippen molar-refractivity contribution in [2.45, 2.75) is 13.8 Å². The van der Waals surface area contributed by atoms with E-state index in [-0.39, 0.29) is 34.0 Å². The summed E-state index contributed by atoms with van der Waals surface area (Å²) in [7, 11) is 4.17. The number of carbonyl (C=O) groups is 2. The maximum Gasteiger partial charge on any atom is 0.308 e. The average Bonchev–Trinajstić information content (AvgIpc) is 2.72. The molecule has 0 amide bonds. The second kappa shape index (κ2) is 8.78. The van der Waals surface area contributed by atoms with Gasteiger partial charge in [-0.05, 0) is 18.2 Å². The smallest absolute Gasteiger partial charge is 0.308 e. The number of hydrogen-bond donors (Lipinski definition) is 0. The van der Waals surface area contributed by atoms with Gasteiger partial charge in [-0.15, -0.1) is 0 Å². The molecule has 0 aliphatic carbocycles. The largest absolute Gasteiger partial charge is 0.496 e. The van der Waals surface area contributed by atoms with Crippen molar-refractivity contribution in [1.29, 1.82) is 0 Å². The van der Waals surface area contributed by atoms with Gasteiger partial charge in [0.15, 0.2) is 17.3 Å². The first-order chi connectivity index (χ1) is 14.8. The number of fused-ring (bicyclic) bond motifs is 1. The molecule has 0 aliphatic heterocycles. The number of methoxy groups -OCH3 is 3. The number of esters is 2. The molecule has 0 radical (unpaired) electrons. The van der Waals surface area contributed by atoms with E-state index in [1.807, 2.05) is 0 Å². The summed E-state index contributed by atoms with van der Waals surface area (Å²) in [5.74, 6) is -0.433. The zero-order chi connectivity index (χ0) is 22.7. The Balaban J connectivity index is 2.32. The predicted molar refractivity (Wildman–Crippen MR) is 110 cm³/mol. The molecule has 0 atom stereocenters. The molecule has 3 aromatic rings. The monoisotopic (exact) mass is 428 g/mol. The molecular weight excluding hydrogens is 408 g/mol. The molecule has 1 heterocycles. The highest BCUT2D eigenvalue weighted by atomic mass is 16.6. The van der Waals surface area contributed by atoms with Gasteiger partial charge < -0.3 is 28.1 Å². The third-order valence-electron chi connectivity index (χ3n) is 4.26. The van der Waals surface area contributed by atoms with E-state index in [4.69, 9.17) is 28.1 Å². The van der Waals surface area contributed by atoms with Gasteiger partial charge in [0.1, 0.15) is 22.5 Å². The van der Waals surface area contributed by atoms with Crippen molar-refractivity contribution in [1.82, 2.24) is 0 Å². The van der Waals surface area contributed by atoms with Crippen molar-refractivity contribution >= 4 is 22.9 Å². The van der Waals surface area contributed by atoms with Gasteiger partial charge in [-0.25, -0.2) is 0 Å². The van der Waals surface area contributed by atoms with Gasteiger partial charge in [0, 0.05) is 31.5 Å². The lowest BCUT2D eigenvalue weighted by atomic mass is 10.1. The Labute approximate surface area is 177 Å². The first-order valence-corrected chi connectivity index (χ1v) is 9.07. The normalized spacial score (nSPS) is 10.5. The molecule has 0 saturated heterocycles. The highest BCUT2D eigenvalue weighted by Gasteiger charge is 2.23. The topological polar surface area (TPSA) is 111 Å². The Bertz CT molecular complexity index is 1220. The third kappa shape index (κ3) is 4.30. The summed E-state index contributed by atoms with van der Waals surface area (Å²) < 4.78 is 32.1. The van der Waals surface area contributed by atoms with Crippen LogP contribution in [-0.2, 0) is 9.59 Å². The van der Waals surface area contributed by atoms with Gasteiger partial charge >= 0.3 is 11.9 Å². The summed E-state index contributed by atoms with van der Waals surface area (Å²) in [5, 5.41) is 0.0188. The van der Waals surface area contributed by atoms with Crippen molar-refractivity contribution in [3.63, 3.8) is 0 Å². The Morgan fingerprint density at radius 1 is 0.806 bits per heavy atom. The summed E-state index contributed by atoms with van der Waals surface area (Å²) in [6.45, 7) is 2.47. The molecule has 0 fully saturated rings. The maximum atomic E-state index is 13.2. The van der Waals surface area contributed by atoms with Crippen molar-refractivity contribution in [3.05, 3.63) is 40.6 Å². The fourth-order valence-electron chi connectivity index (χ4n) is 3.02. The van der Waals surface area contributed by atoms with E-state index in [9.17, 15) is 14.4 Å². The minimum absolute atomic E-state index is 0.0178. The van der Waals surface area contributed by atoms with Crippen LogP contribution in [0.1, 0.15) is 13.8 Å². The lowest BCUT2D eigenvalue weighted by Gasteiger charge is -2.14. The van der Waals surface area contributed by atoms with Crippen LogP contribution >= 0.6 is 0 Å². The molecule has 162 valence electrons. The van der Waals surface area contributed by atoms with Crippen molar-refractivity contribution in [2.24, 2.45) is 0 Å². The number of rotatable bonds is 6. The molecule has 0 unspecified atom stereocenters. The molecule has 9 heteroatoms. The van der Waals surface area contributed by atoms with Crippen molar-refractivity contribution in [3.8, 4) is 40.1 Å². The first kappa shape index (κ1) is 21.7. The van der Waals surface area contributed by atoms with Crippen LogP contribution in [0.4, 0.5) is 0 Å². The van der Waals surface area contributed by atoms with Crippen LogP contribution in [-0.4, -0.2) is 33.3 Å². The first-order valence-electron chi connectivity index (χ1n) is 9.07.